The molecule has 0 amide bonds. The lowest BCUT2D eigenvalue weighted by Crippen LogP contribution is -1.94. The highest BCUT2D eigenvalue weighted by Gasteiger charge is 2.09. The Hall–Kier alpha value is -1.58. The summed E-state index contributed by atoms with van der Waals surface area (Å²) in [6.45, 7) is 5.26. The van der Waals surface area contributed by atoms with Crippen LogP contribution in [-0.2, 0) is 4.74 Å². The van der Waals surface area contributed by atoms with E-state index < -0.39 is 0 Å². The van der Waals surface area contributed by atoms with E-state index in [2.05, 4.69) is 16.5 Å². The van der Waals surface area contributed by atoms with Gasteiger partial charge in [-0.15, -0.1) is 0 Å². The Morgan fingerprint density at radius 3 is 2.83 bits per heavy atom. The van der Waals surface area contributed by atoms with Crippen molar-refractivity contribution in [3.8, 4) is 5.75 Å². The van der Waals surface area contributed by atoms with Gasteiger partial charge >= 0.3 is 0 Å². The molecule has 0 aromatic carbocycles. The van der Waals surface area contributed by atoms with Crippen molar-refractivity contribution in [2.75, 3.05) is 7.11 Å². The lowest BCUT2D eigenvalue weighted by atomic mass is 10.3. The van der Waals surface area contributed by atoms with Gasteiger partial charge in [-0.25, -0.2) is 9.97 Å². The molecule has 0 atom stereocenters. The Labute approximate surface area is 70.5 Å². The topological polar surface area (TPSA) is 55.2 Å². The Bertz CT molecular complexity index is 310. The molecule has 0 aliphatic carbocycles. The second-order valence-corrected chi connectivity index (χ2v) is 2.28. The van der Waals surface area contributed by atoms with Crippen molar-refractivity contribution in [3.63, 3.8) is 0 Å². The van der Waals surface area contributed by atoms with Crippen LogP contribution >= 0.6 is 0 Å². The Kier molecular flexibility index (Phi) is 2.28. The highest BCUT2D eigenvalue weighted by Crippen LogP contribution is 2.23. The molecule has 0 aliphatic heterocycles. The molecule has 1 N–H and O–H groups in total. The summed E-state index contributed by atoms with van der Waals surface area (Å²) in [6, 6.07) is 0. The van der Waals surface area contributed by atoms with E-state index in [1.807, 2.05) is 0 Å². The third kappa shape index (κ3) is 1.37. The second-order valence-electron chi connectivity index (χ2n) is 2.28. The smallest absolute Gasteiger partial charge is 0.166 e. The molecule has 4 heteroatoms. The van der Waals surface area contributed by atoms with Crippen LogP contribution in [0.15, 0.2) is 12.9 Å². The molecule has 12 heavy (non-hydrogen) atoms. The summed E-state index contributed by atoms with van der Waals surface area (Å²) in [6.07, 6.45) is 1.36. The lowest BCUT2D eigenvalue weighted by molar-refractivity contribution is 0.363. The molecule has 0 fully saturated rings. The number of aromatic hydroxyl groups is 1. The van der Waals surface area contributed by atoms with Crippen molar-refractivity contribution in [2.45, 2.75) is 6.92 Å². The van der Waals surface area contributed by atoms with Gasteiger partial charge in [-0.3, -0.25) is 0 Å². The fourth-order valence-electron chi connectivity index (χ4n) is 0.768. The lowest BCUT2D eigenvalue weighted by Gasteiger charge is -2.05. The van der Waals surface area contributed by atoms with E-state index in [4.69, 9.17) is 4.74 Å². The third-order valence-electron chi connectivity index (χ3n) is 1.52. The van der Waals surface area contributed by atoms with Crippen LogP contribution in [0.1, 0.15) is 11.4 Å². The minimum Gasteiger partial charge on any atom is -0.504 e. The summed E-state index contributed by atoms with van der Waals surface area (Å²) in [7, 11) is 1.47. The van der Waals surface area contributed by atoms with Crippen molar-refractivity contribution < 1.29 is 9.84 Å². The standard InChI is InChI=1S/C8H10N2O2/c1-5-8(11)7(6(2)12-3)10-4-9-5/h4,11H,2H2,1,3H3. The molecule has 0 saturated carbocycles. The summed E-state index contributed by atoms with van der Waals surface area (Å²) in [5.74, 6) is 0.349. The number of aryl methyl sites for hydroxylation is 1. The van der Waals surface area contributed by atoms with Crippen molar-refractivity contribution in [2.24, 2.45) is 0 Å². The van der Waals surface area contributed by atoms with Gasteiger partial charge in [-0.1, -0.05) is 6.58 Å². The fourth-order valence-corrected chi connectivity index (χ4v) is 0.768. The van der Waals surface area contributed by atoms with Gasteiger partial charge in [0, 0.05) is 0 Å². The SMILES string of the molecule is C=C(OC)c1ncnc(C)c1O. The first-order valence-electron chi connectivity index (χ1n) is 3.40. The molecule has 1 rings (SSSR count). The Balaban J connectivity index is 3.16. The summed E-state index contributed by atoms with van der Waals surface area (Å²) >= 11 is 0. The van der Waals surface area contributed by atoms with Crippen LogP contribution in [0, 0.1) is 6.92 Å². The van der Waals surface area contributed by atoms with Crippen molar-refractivity contribution in [3.05, 3.63) is 24.3 Å². The number of methoxy groups -OCH3 is 1. The molecule has 1 heterocycles. The van der Waals surface area contributed by atoms with Gasteiger partial charge in [-0.05, 0) is 6.92 Å². The third-order valence-corrected chi connectivity index (χ3v) is 1.52. The van der Waals surface area contributed by atoms with Crippen LogP contribution in [0.2, 0.25) is 0 Å². The molecule has 0 bridgehead atoms. The molecule has 0 radical (unpaired) electrons. The first-order valence-corrected chi connectivity index (χ1v) is 3.40. The summed E-state index contributed by atoms with van der Waals surface area (Å²) in [4.78, 5) is 7.62. The van der Waals surface area contributed by atoms with E-state index in [0.29, 0.717) is 17.1 Å². The zero-order chi connectivity index (χ0) is 9.14. The van der Waals surface area contributed by atoms with E-state index in [0.717, 1.165) is 0 Å². The highest BCUT2D eigenvalue weighted by molar-refractivity contribution is 5.60. The molecule has 0 saturated heterocycles. The molecule has 64 valence electrons. The molecule has 0 unspecified atom stereocenters. The maximum atomic E-state index is 9.43. The molecule has 4 nitrogen and oxygen atoms in total. The van der Waals surface area contributed by atoms with Crippen LogP contribution < -0.4 is 0 Å². The number of ether oxygens (including phenoxy) is 1. The van der Waals surface area contributed by atoms with Crippen LogP contribution in [0.5, 0.6) is 5.75 Å². The average Bonchev–Trinajstić information content (AvgIpc) is 2.08. The van der Waals surface area contributed by atoms with E-state index >= 15 is 0 Å². The predicted octanol–water partition coefficient (Wildman–Crippen LogP) is 1.11. The second kappa shape index (κ2) is 3.21. The van der Waals surface area contributed by atoms with Crippen LogP contribution in [0.25, 0.3) is 5.76 Å². The van der Waals surface area contributed by atoms with Crippen LogP contribution in [0.3, 0.4) is 0 Å². The van der Waals surface area contributed by atoms with E-state index in [1.54, 1.807) is 6.92 Å². The van der Waals surface area contributed by atoms with Crippen LogP contribution in [-0.4, -0.2) is 22.2 Å². The normalized spacial score (nSPS) is 9.50. The van der Waals surface area contributed by atoms with Gasteiger partial charge in [0.2, 0.25) is 0 Å². The maximum absolute atomic E-state index is 9.43. The van der Waals surface area contributed by atoms with Gasteiger partial charge in [0.25, 0.3) is 0 Å². The van der Waals surface area contributed by atoms with Crippen molar-refractivity contribution >= 4 is 5.76 Å². The molecule has 0 aliphatic rings. The molecule has 1 aromatic rings. The number of nitrogens with zero attached hydrogens (tertiary/aromatic N) is 2. The zero-order valence-corrected chi connectivity index (χ0v) is 7.03. The van der Waals surface area contributed by atoms with Crippen LogP contribution in [0.4, 0.5) is 0 Å². The monoisotopic (exact) mass is 166 g/mol. The number of aromatic nitrogens is 2. The van der Waals surface area contributed by atoms with E-state index in [9.17, 15) is 5.11 Å². The molecular formula is C8H10N2O2. The predicted molar refractivity (Wildman–Crippen MR) is 44.5 cm³/mol. The first-order chi connectivity index (χ1) is 5.66. The quantitative estimate of drug-likeness (QED) is 0.668. The van der Waals surface area contributed by atoms with Gasteiger partial charge in [0.1, 0.15) is 17.8 Å². The number of hydrogen-bond acceptors (Lipinski definition) is 4. The highest BCUT2D eigenvalue weighted by atomic mass is 16.5. The molecular weight excluding hydrogens is 156 g/mol. The van der Waals surface area contributed by atoms with Gasteiger partial charge in [0.05, 0.1) is 12.8 Å². The van der Waals surface area contributed by atoms with Gasteiger partial charge in [-0.2, -0.15) is 0 Å². The Morgan fingerprint density at radius 1 is 1.58 bits per heavy atom. The molecule has 1 aromatic heterocycles. The number of rotatable bonds is 2. The van der Waals surface area contributed by atoms with E-state index in [-0.39, 0.29) is 5.75 Å². The number of hydrogen-bond donors (Lipinski definition) is 1. The summed E-state index contributed by atoms with van der Waals surface area (Å²) < 4.78 is 4.83. The minimum atomic E-state index is 0.0179. The Morgan fingerprint density at radius 2 is 2.25 bits per heavy atom. The maximum Gasteiger partial charge on any atom is 0.166 e. The minimum absolute atomic E-state index is 0.0179. The van der Waals surface area contributed by atoms with Gasteiger partial charge in [0.15, 0.2) is 5.75 Å². The van der Waals surface area contributed by atoms with Gasteiger partial charge < -0.3 is 9.84 Å². The van der Waals surface area contributed by atoms with E-state index in [1.165, 1.54) is 13.4 Å². The fraction of sp³-hybridized carbons (Fsp3) is 0.250. The summed E-state index contributed by atoms with van der Waals surface area (Å²) in [5, 5.41) is 9.43. The summed E-state index contributed by atoms with van der Waals surface area (Å²) in [5.41, 5.74) is 0.850. The van der Waals surface area contributed by atoms with Crippen molar-refractivity contribution in [1.82, 2.24) is 9.97 Å². The molecule has 0 spiro atoms. The average molecular weight is 166 g/mol. The first kappa shape index (κ1) is 8.52. The zero-order valence-electron chi connectivity index (χ0n) is 7.03. The van der Waals surface area contributed by atoms with Crippen molar-refractivity contribution in [1.29, 1.82) is 0 Å². The largest absolute Gasteiger partial charge is 0.504 e.